The summed E-state index contributed by atoms with van der Waals surface area (Å²) in [5, 5.41) is 3.38. The lowest BCUT2D eigenvalue weighted by molar-refractivity contribution is 0.722. The third kappa shape index (κ3) is 3.11. The molecule has 94 valence electrons. The average molecular weight is 240 g/mol. The number of nitrogens with one attached hydrogen (secondary N) is 1. The maximum atomic E-state index is 6.26. The molecule has 18 heavy (non-hydrogen) atoms. The van der Waals surface area contributed by atoms with Crippen LogP contribution in [0.25, 0.3) is 0 Å². The van der Waals surface area contributed by atoms with Gasteiger partial charge < -0.3 is 11.1 Å². The Balaban J connectivity index is 2.14. The Labute approximate surface area is 109 Å². The average Bonchev–Trinajstić information content (AvgIpc) is 2.42. The summed E-state index contributed by atoms with van der Waals surface area (Å²) in [4.78, 5) is 0. The molecule has 0 aliphatic heterocycles. The Morgan fingerprint density at radius 3 is 2.39 bits per heavy atom. The number of hydrogen-bond donors (Lipinski definition) is 2. The number of anilines is 1. The lowest BCUT2D eigenvalue weighted by atomic mass is 9.98. The van der Waals surface area contributed by atoms with E-state index >= 15 is 0 Å². The van der Waals surface area contributed by atoms with Crippen LogP contribution in [-0.4, -0.2) is 6.54 Å². The first kappa shape index (κ1) is 12.7. The minimum Gasteiger partial charge on any atom is -0.385 e. The van der Waals surface area contributed by atoms with Gasteiger partial charge in [0, 0.05) is 18.3 Å². The molecule has 0 saturated carbocycles. The number of para-hydroxylation sites is 1. The van der Waals surface area contributed by atoms with Crippen LogP contribution in [0.15, 0.2) is 54.6 Å². The first-order valence-corrected chi connectivity index (χ1v) is 6.43. The van der Waals surface area contributed by atoms with E-state index in [9.17, 15) is 0 Å². The van der Waals surface area contributed by atoms with E-state index in [1.807, 2.05) is 18.2 Å². The van der Waals surface area contributed by atoms with Gasteiger partial charge in [-0.1, -0.05) is 48.5 Å². The third-order valence-corrected chi connectivity index (χ3v) is 3.05. The van der Waals surface area contributed by atoms with Crippen molar-refractivity contribution in [2.24, 2.45) is 5.73 Å². The molecule has 2 rings (SSSR count). The van der Waals surface area contributed by atoms with Crippen LogP contribution in [0.3, 0.4) is 0 Å². The van der Waals surface area contributed by atoms with Crippen LogP contribution in [0.1, 0.15) is 24.1 Å². The molecule has 2 aromatic carbocycles. The molecule has 0 radical (unpaired) electrons. The first-order chi connectivity index (χ1) is 8.81. The second kappa shape index (κ2) is 6.22. The Bertz CT molecular complexity index is 479. The van der Waals surface area contributed by atoms with E-state index in [4.69, 9.17) is 5.73 Å². The van der Waals surface area contributed by atoms with E-state index < -0.39 is 0 Å². The first-order valence-electron chi connectivity index (χ1n) is 6.43. The molecule has 0 heterocycles. The van der Waals surface area contributed by atoms with Crippen molar-refractivity contribution >= 4 is 5.69 Å². The molecule has 0 aliphatic carbocycles. The summed E-state index contributed by atoms with van der Waals surface area (Å²) in [7, 11) is 0. The van der Waals surface area contributed by atoms with Crippen LogP contribution in [0.4, 0.5) is 5.69 Å². The highest BCUT2D eigenvalue weighted by Crippen LogP contribution is 2.21. The van der Waals surface area contributed by atoms with Gasteiger partial charge in [0.05, 0.1) is 0 Å². The minimum absolute atomic E-state index is 0.0472. The molecule has 0 saturated heterocycles. The van der Waals surface area contributed by atoms with Crippen molar-refractivity contribution in [2.45, 2.75) is 19.4 Å². The van der Waals surface area contributed by atoms with Crippen molar-refractivity contribution in [1.29, 1.82) is 0 Å². The van der Waals surface area contributed by atoms with Gasteiger partial charge in [-0.15, -0.1) is 0 Å². The third-order valence-electron chi connectivity index (χ3n) is 3.05. The lowest BCUT2D eigenvalue weighted by Gasteiger charge is -2.15. The van der Waals surface area contributed by atoms with Crippen molar-refractivity contribution < 1.29 is 0 Å². The van der Waals surface area contributed by atoms with Crippen LogP contribution in [0, 0.1) is 0 Å². The van der Waals surface area contributed by atoms with Gasteiger partial charge in [-0.3, -0.25) is 0 Å². The molecule has 2 nitrogen and oxygen atoms in total. The molecule has 0 spiro atoms. The van der Waals surface area contributed by atoms with Crippen molar-refractivity contribution in [2.75, 3.05) is 11.9 Å². The fraction of sp³-hybridized carbons (Fsp3) is 0.250. The summed E-state index contributed by atoms with van der Waals surface area (Å²) in [5.41, 5.74) is 9.91. The van der Waals surface area contributed by atoms with E-state index in [0.717, 1.165) is 13.0 Å². The summed E-state index contributed by atoms with van der Waals surface area (Å²) in [6.07, 6.45) is 0.854. The topological polar surface area (TPSA) is 38.0 Å². The highest BCUT2D eigenvalue weighted by Gasteiger charge is 2.09. The van der Waals surface area contributed by atoms with Crippen LogP contribution in [-0.2, 0) is 6.42 Å². The second-order valence-corrected chi connectivity index (χ2v) is 4.41. The highest BCUT2D eigenvalue weighted by molar-refractivity contribution is 5.51. The Morgan fingerprint density at radius 1 is 1.00 bits per heavy atom. The van der Waals surface area contributed by atoms with Crippen LogP contribution < -0.4 is 11.1 Å². The Morgan fingerprint density at radius 2 is 1.67 bits per heavy atom. The molecule has 3 N–H and O–H groups in total. The maximum absolute atomic E-state index is 6.26. The molecular weight excluding hydrogens is 220 g/mol. The van der Waals surface area contributed by atoms with Crippen LogP contribution >= 0.6 is 0 Å². The zero-order valence-corrected chi connectivity index (χ0v) is 10.8. The van der Waals surface area contributed by atoms with E-state index in [-0.39, 0.29) is 6.04 Å². The van der Waals surface area contributed by atoms with E-state index in [0.29, 0.717) is 0 Å². The molecule has 0 amide bonds. The molecule has 0 bridgehead atoms. The van der Waals surface area contributed by atoms with Gasteiger partial charge >= 0.3 is 0 Å². The SMILES string of the molecule is CCNc1ccccc1CC(N)c1ccccc1. The van der Waals surface area contributed by atoms with Gasteiger partial charge in [0.2, 0.25) is 0 Å². The smallest absolute Gasteiger partial charge is 0.0373 e. The van der Waals surface area contributed by atoms with Gasteiger partial charge in [0.25, 0.3) is 0 Å². The number of benzene rings is 2. The van der Waals surface area contributed by atoms with Gasteiger partial charge in [-0.2, -0.15) is 0 Å². The molecule has 0 aromatic heterocycles. The zero-order valence-electron chi connectivity index (χ0n) is 10.8. The van der Waals surface area contributed by atoms with E-state index in [1.165, 1.54) is 16.8 Å². The summed E-state index contributed by atoms with van der Waals surface area (Å²) in [6, 6.07) is 18.7. The molecule has 1 unspecified atom stereocenters. The summed E-state index contributed by atoms with van der Waals surface area (Å²) >= 11 is 0. The van der Waals surface area contributed by atoms with Crippen LogP contribution in [0.2, 0.25) is 0 Å². The molecule has 1 atom stereocenters. The summed E-state index contributed by atoms with van der Waals surface area (Å²) in [6.45, 7) is 3.03. The standard InChI is InChI=1S/C16H20N2/c1-2-18-16-11-7-6-10-14(16)12-15(17)13-8-4-3-5-9-13/h3-11,15,18H,2,12,17H2,1H3. The molecule has 0 fully saturated rings. The van der Waals surface area contributed by atoms with Crippen molar-refractivity contribution in [3.8, 4) is 0 Å². The summed E-state index contributed by atoms with van der Waals surface area (Å²) in [5.74, 6) is 0. The number of rotatable bonds is 5. The Hall–Kier alpha value is -1.80. The zero-order chi connectivity index (χ0) is 12.8. The van der Waals surface area contributed by atoms with Gasteiger partial charge in [-0.05, 0) is 30.5 Å². The quantitative estimate of drug-likeness (QED) is 0.841. The fourth-order valence-corrected chi connectivity index (χ4v) is 2.12. The van der Waals surface area contributed by atoms with E-state index in [1.54, 1.807) is 0 Å². The van der Waals surface area contributed by atoms with Gasteiger partial charge in [0.15, 0.2) is 0 Å². The molecule has 0 aliphatic rings. The fourth-order valence-electron chi connectivity index (χ4n) is 2.12. The van der Waals surface area contributed by atoms with E-state index in [2.05, 4.69) is 48.6 Å². The second-order valence-electron chi connectivity index (χ2n) is 4.41. The molecular formula is C16H20N2. The predicted octanol–water partition coefficient (Wildman–Crippen LogP) is 3.36. The van der Waals surface area contributed by atoms with Crippen LogP contribution in [0.5, 0.6) is 0 Å². The largest absolute Gasteiger partial charge is 0.385 e. The van der Waals surface area contributed by atoms with Crippen molar-refractivity contribution in [3.63, 3.8) is 0 Å². The molecule has 2 aromatic rings. The number of hydrogen-bond acceptors (Lipinski definition) is 2. The van der Waals surface area contributed by atoms with Crippen molar-refractivity contribution in [3.05, 3.63) is 65.7 Å². The lowest BCUT2D eigenvalue weighted by Crippen LogP contribution is -2.14. The Kier molecular flexibility index (Phi) is 4.37. The normalized spacial score (nSPS) is 12.1. The predicted molar refractivity (Wildman–Crippen MR) is 77.7 cm³/mol. The van der Waals surface area contributed by atoms with Crippen molar-refractivity contribution in [1.82, 2.24) is 0 Å². The molecule has 2 heteroatoms. The minimum atomic E-state index is 0.0472. The maximum Gasteiger partial charge on any atom is 0.0373 e. The van der Waals surface area contributed by atoms with Gasteiger partial charge in [0.1, 0.15) is 0 Å². The monoisotopic (exact) mass is 240 g/mol. The number of nitrogens with two attached hydrogens (primary N) is 1. The van der Waals surface area contributed by atoms with Gasteiger partial charge in [-0.25, -0.2) is 0 Å². The highest BCUT2D eigenvalue weighted by atomic mass is 14.9. The summed E-state index contributed by atoms with van der Waals surface area (Å²) < 4.78 is 0.